The van der Waals surface area contributed by atoms with Crippen molar-refractivity contribution in [3.05, 3.63) is 46.4 Å². The van der Waals surface area contributed by atoms with E-state index in [2.05, 4.69) is 11.0 Å². The number of aliphatic hydroxyl groups excluding tert-OH is 1. The standard InChI is InChI=1S/C17H18N2O2S3/c1-2-9-19-16(21)14(24-17(19)22)7-8-15-18(10-11-20)12-5-3-4-6-13(12)23-15/h3-8,20H,2,9-11H2,1H3. The number of para-hydroxylation sites is 1. The number of aliphatic hydroxyl groups is 1. The van der Waals surface area contributed by atoms with Crippen LogP contribution >= 0.6 is 35.7 Å². The Kier molecular flexibility index (Phi) is 5.65. The second-order valence-corrected chi connectivity index (χ2v) is 8.04. The molecule has 0 bridgehead atoms. The van der Waals surface area contributed by atoms with Crippen LogP contribution in [0.2, 0.25) is 0 Å². The third kappa shape index (κ3) is 3.39. The zero-order valence-electron chi connectivity index (χ0n) is 13.3. The van der Waals surface area contributed by atoms with Gasteiger partial charge in [-0.1, -0.05) is 54.8 Å². The highest BCUT2D eigenvalue weighted by atomic mass is 32.2. The van der Waals surface area contributed by atoms with Gasteiger partial charge in [-0.2, -0.15) is 0 Å². The Hall–Kier alpha value is -1.28. The first-order valence-corrected chi connectivity index (χ1v) is 9.80. The average Bonchev–Trinajstić information content (AvgIpc) is 3.06. The number of carbonyl (C=O) groups excluding carboxylic acids is 1. The normalized spacial score (nSPS) is 20.6. The van der Waals surface area contributed by atoms with Crippen molar-refractivity contribution in [3.63, 3.8) is 0 Å². The smallest absolute Gasteiger partial charge is 0.266 e. The fraction of sp³-hybridized carbons (Fsp3) is 0.294. The lowest BCUT2D eigenvalue weighted by molar-refractivity contribution is -0.122. The van der Waals surface area contributed by atoms with E-state index < -0.39 is 0 Å². The van der Waals surface area contributed by atoms with Crippen LogP contribution in [0.3, 0.4) is 0 Å². The third-order valence-corrected chi connectivity index (χ3v) is 6.19. The summed E-state index contributed by atoms with van der Waals surface area (Å²) in [6.07, 6.45) is 4.67. The molecule has 0 atom stereocenters. The SMILES string of the molecule is CCCN1C(=O)C(=CC=C2Sc3ccccc3N2CCO)SC1=S. The Morgan fingerprint density at radius 3 is 2.71 bits per heavy atom. The van der Waals surface area contributed by atoms with Crippen LogP contribution in [-0.2, 0) is 4.79 Å². The van der Waals surface area contributed by atoms with Crippen molar-refractivity contribution in [2.24, 2.45) is 0 Å². The van der Waals surface area contributed by atoms with Gasteiger partial charge in [-0.25, -0.2) is 0 Å². The molecule has 0 radical (unpaired) electrons. The van der Waals surface area contributed by atoms with Gasteiger partial charge in [0.2, 0.25) is 0 Å². The zero-order valence-corrected chi connectivity index (χ0v) is 15.7. The number of thioether (sulfide) groups is 2. The zero-order chi connectivity index (χ0) is 17.1. The number of carbonyl (C=O) groups is 1. The monoisotopic (exact) mass is 378 g/mol. The Balaban J connectivity index is 1.84. The highest BCUT2D eigenvalue weighted by Crippen LogP contribution is 2.45. The first kappa shape index (κ1) is 17.5. The maximum absolute atomic E-state index is 12.4. The molecule has 0 spiro atoms. The summed E-state index contributed by atoms with van der Waals surface area (Å²) in [5.41, 5.74) is 1.09. The molecule has 24 heavy (non-hydrogen) atoms. The lowest BCUT2D eigenvalue weighted by atomic mass is 10.3. The number of amides is 1. The molecule has 1 N–H and O–H groups in total. The summed E-state index contributed by atoms with van der Waals surface area (Å²) in [6, 6.07) is 8.09. The summed E-state index contributed by atoms with van der Waals surface area (Å²) in [7, 11) is 0. The van der Waals surface area contributed by atoms with Crippen LogP contribution in [0.1, 0.15) is 13.3 Å². The Morgan fingerprint density at radius 2 is 1.96 bits per heavy atom. The van der Waals surface area contributed by atoms with Gasteiger partial charge in [-0.15, -0.1) is 0 Å². The van der Waals surface area contributed by atoms with Gasteiger partial charge < -0.3 is 10.0 Å². The molecule has 1 aromatic rings. The quantitative estimate of drug-likeness (QED) is 0.624. The third-order valence-electron chi connectivity index (χ3n) is 3.66. The fourth-order valence-corrected chi connectivity index (χ4v) is 4.93. The maximum atomic E-state index is 12.4. The Morgan fingerprint density at radius 1 is 1.17 bits per heavy atom. The van der Waals surface area contributed by atoms with Crippen molar-refractivity contribution in [2.45, 2.75) is 18.2 Å². The predicted molar refractivity (Wildman–Crippen MR) is 105 cm³/mol. The lowest BCUT2D eigenvalue weighted by Gasteiger charge is -2.18. The minimum atomic E-state index is -0.0158. The van der Waals surface area contributed by atoms with Gasteiger partial charge in [-0.05, 0) is 30.7 Å². The van der Waals surface area contributed by atoms with Crippen molar-refractivity contribution < 1.29 is 9.90 Å². The largest absolute Gasteiger partial charge is 0.395 e. The molecular weight excluding hydrogens is 360 g/mol. The van der Waals surface area contributed by atoms with Crippen LogP contribution in [0, 0.1) is 0 Å². The molecule has 7 heteroatoms. The summed E-state index contributed by atoms with van der Waals surface area (Å²) in [5, 5.41) is 10.4. The second kappa shape index (κ2) is 7.74. The van der Waals surface area contributed by atoms with Crippen molar-refractivity contribution in [3.8, 4) is 0 Å². The molecular formula is C17H18N2O2S3. The molecule has 0 aliphatic carbocycles. The average molecular weight is 379 g/mol. The second-order valence-electron chi connectivity index (χ2n) is 5.31. The van der Waals surface area contributed by atoms with E-state index in [-0.39, 0.29) is 12.5 Å². The van der Waals surface area contributed by atoms with E-state index in [4.69, 9.17) is 12.2 Å². The number of nitrogens with zero attached hydrogens (tertiary/aromatic N) is 2. The molecule has 1 amide bonds. The summed E-state index contributed by atoms with van der Waals surface area (Å²) >= 11 is 8.28. The molecule has 2 aliphatic rings. The van der Waals surface area contributed by atoms with Crippen LogP contribution < -0.4 is 4.90 Å². The van der Waals surface area contributed by atoms with Gasteiger partial charge in [0.15, 0.2) is 0 Å². The number of allylic oxidation sites excluding steroid dienone is 2. The Labute approximate surface area is 155 Å². The summed E-state index contributed by atoms with van der Waals surface area (Å²) in [5.74, 6) is -0.0158. The van der Waals surface area contributed by atoms with Gasteiger partial charge >= 0.3 is 0 Å². The van der Waals surface area contributed by atoms with Gasteiger partial charge in [0.25, 0.3) is 5.91 Å². The molecule has 0 saturated carbocycles. The molecule has 3 rings (SSSR count). The van der Waals surface area contributed by atoms with Crippen molar-refractivity contribution in [1.29, 1.82) is 0 Å². The summed E-state index contributed by atoms with van der Waals surface area (Å²) < 4.78 is 0.626. The molecule has 0 unspecified atom stereocenters. The molecule has 1 aromatic carbocycles. The van der Waals surface area contributed by atoms with Gasteiger partial charge in [-0.3, -0.25) is 9.69 Å². The minimum absolute atomic E-state index is 0.0158. The van der Waals surface area contributed by atoms with E-state index in [1.54, 1.807) is 16.7 Å². The van der Waals surface area contributed by atoms with E-state index in [9.17, 15) is 9.90 Å². The minimum Gasteiger partial charge on any atom is -0.395 e. The molecule has 126 valence electrons. The first-order valence-electron chi connectivity index (χ1n) is 7.76. The first-order chi connectivity index (χ1) is 11.7. The predicted octanol–water partition coefficient (Wildman–Crippen LogP) is 3.59. The molecule has 0 aromatic heterocycles. The van der Waals surface area contributed by atoms with E-state index in [0.717, 1.165) is 22.0 Å². The number of anilines is 1. The topological polar surface area (TPSA) is 43.8 Å². The van der Waals surface area contributed by atoms with Crippen LogP contribution in [0.4, 0.5) is 5.69 Å². The van der Waals surface area contributed by atoms with Gasteiger partial charge in [0.05, 0.1) is 22.2 Å². The number of thiocarbonyl (C=S) groups is 1. The number of rotatable bonds is 5. The van der Waals surface area contributed by atoms with Gasteiger partial charge in [0.1, 0.15) is 4.32 Å². The highest BCUT2D eigenvalue weighted by Gasteiger charge is 2.31. The van der Waals surface area contributed by atoms with Crippen LogP contribution in [-0.4, -0.2) is 39.9 Å². The van der Waals surface area contributed by atoms with Crippen molar-refractivity contribution in [2.75, 3.05) is 24.6 Å². The van der Waals surface area contributed by atoms with E-state index in [0.29, 0.717) is 22.3 Å². The summed E-state index contributed by atoms with van der Waals surface area (Å²) in [4.78, 5) is 17.9. The molecule has 4 nitrogen and oxygen atoms in total. The number of benzene rings is 1. The van der Waals surface area contributed by atoms with Crippen LogP contribution in [0.15, 0.2) is 51.2 Å². The number of hydrogen-bond acceptors (Lipinski definition) is 6. The van der Waals surface area contributed by atoms with Crippen molar-refractivity contribution >= 4 is 51.7 Å². The van der Waals surface area contributed by atoms with Crippen molar-refractivity contribution in [1.82, 2.24) is 4.90 Å². The number of β-amino-alcohol motifs (C(OH)–C–C–N with tert-alkyl or cyclic N) is 1. The number of fused-ring (bicyclic) bond motifs is 1. The molecule has 2 heterocycles. The molecule has 1 fully saturated rings. The number of hydrogen-bond donors (Lipinski definition) is 1. The van der Waals surface area contributed by atoms with E-state index in [1.165, 1.54) is 11.8 Å². The lowest BCUT2D eigenvalue weighted by Crippen LogP contribution is -2.28. The summed E-state index contributed by atoms with van der Waals surface area (Å²) in [6.45, 7) is 3.30. The fourth-order valence-electron chi connectivity index (χ4n) is 2.59. The van der Waals surface area contributed by atoms with Crippen LogP contribution in [0.5, 0.6) is 0 Å². The van der Waals surface area contributed by atoms with E-state index >= 15 is 0 Å². The molecule has 2 aliphatic heterocycles. The van der Waals surface area contributed by atoms with Crippen LogP contribution in [0.25, 0.3) is 0 Å². The van der Waals surface area contributed by atoms with Gasteiger partial charge in [0, 0.05) is 18.0 Å². The Bertz CT molecular complexity index is 730. The van der Waals surface area contributed by atoms with E-state index in [1.807, 2.05) is 37.3 Å². The molecule has 1 saturated heterocycles. The highest BCUT2D eigenvalue weighted by molar-refractivity contribution is 8.26. The maximum Gasteiger partial charge on any atom is 0.266 e.